The summed E-state index contributed by atoms with van der Waals surface area (Å²) in [7, 11) is 1.33. The number of methoxy groups -OCH3 is 1. The van der Waals surface area contributed by atoms with Crippen LogP contribution in [-0.2, 0) is 9.53 Å². The Labute approximate surface area is 98.7 Å². The van der Waals surface area contributed by atoms with Gasteiger partial charge in [0.05, 0.1) is 12.8 Å². The topological polar surface area (TPSA) is 78.4 Å². The summed E-state index contributed by atoms with van der Waals surface area (Å²) in [6.45, 7) is 3.76. The minimum absolute atomic E-state index is 0.389. The molecule has 1 atom stereocenters. The second-order valence-corrected chi connectivity index (χ2v) is 4.43. The number of nitrogens with two attached hydrogens (primary N) is 1. The summed E-state index contributed by atoms with van der Waals surface area (Å²) in [4.78, 5) is 15.2. The smallest absolute Gasteiger partial charge is 0.322 e. The van der Waals surface area contributed by atoms with Crippen LogP contribution < -0.4 is 5.73 Å². The SMILES string of the molecule is COC(=O)C(N)CCSc1nc(C)c(C)o1. The van der Waals surface area contributed by atoms with Gasteiger partial charge in [0.1, 0.15) is 11.8 Å². The molecular formula is C10H16N2O3S. The van der Waals surface area contributed by atoms with Crippen LogP contribution in [0.4, 0.5) is 0 Å². The predicted molar refractivity (Wildman–Crippen MR) is 61.3 cm³/mol. The Bertz CT molecular complexity index is 345. The predicted octanol–water partition coefficient (Wildman–Crippen LogP) is 1.27. The number of carbonyl (C=O) groups is 1. The van der Waals surface area contributed by atoms with Crippen LogP contribution in [0, 0.1) is 13.8 Å². The van der Waals surface area contributed by atoms with Crippen molar-refractivity contribution in [2.45, 2.75) is 31.5 Å². The van der Waals surface area contributed by atoms with Crippen molar-refractivity contribution in [3.05, 3.63) is 11.5 Å². The summed E-state index contributed by atoms with van der Waals surface area (Å²) in [5.41, 5.74) is 6.48. The lowest BCUT2D eigenvalue weighted by Gasteiger charge is -2.06. The van der Waals surface area contributed by atoms with E-state index in [1.807, 2.05) is 13.8 Å². The van der Waals surface area contributed by atoms with Crippen LogP contribution >= 0.6 is 11.8 Å². The summed E-state index contributed by atoms with van der Waals surface area (Å²) in [6.07, 6.45) is 0.539. The average molecular weight is 244 g/mol. The first kappa shape index (κ1) is 13.1. The first-order chi connectivity index (χ1) is 7.54. The molecule has 16 heavy (non-hydrogen) atoms. The van der Waals surface area contributed by atoms with Gasteiger partial charge in [-0.1, -0.05) is 11.8 Å². The molecule has 1 heterocycles. The maximum atomic E-state index is 11.0. The van der Waals surface area contributed by atoms with Crippen molar-refractivity contribution in [1.82, 2.24) is 4.98 Å². The van der Waals surface area contributed by atoms with E-state index in [-0.39, 0.29) is 5.97 Å². The van der Waals surface area contributed by atoms with Crippen molar-refractivity contribution < 1.29 is 13.9 Å². The number of carbonyl (C=O) groups excluding carboxylic acids is 1. The van der Waals surface area contributed by atoms with Crippen LogP contribution in [0.15, 0.2) is 9.64 Å². The summed E-state index contributed by atoms with van der Waals surface area (Å²) < 4.78 is 9.90. The second kappa shape index (κ2) is 5.91. The molecule has 0 spiro atoms. The molecule has 0 aliphatic heterocycles. The van der Waals surface area contributed by atoms with E-state index in [9.17, 15) is 4.79 Å². The Balaban J connectivity index is 2.33. The molecule has 0 fully saturated rings. The lowest BCUT2D eigenvalue weighted by atomic mass is 10.2. The number of ether oxygens (including phenoxy) is 1. The van der Waals surface area contributed by atoms with Crippen LogP contribution in [0.2, 0.25) is 0 Å². The summed E-state index contributed by atoms with van der Waals surface area (Å²) in [5.74, 6) is 1.11. The van der Waals surface area contributed by atoms with Gasteiger partial charge in [0.25, 0.3) is 5.22 Å². The molecule has 0 aromatic carbocycles. The van der Waals surface area contributed by atoms with Crippen molar-refractivity contribution in [3.63, 3.8) is 0 Å². The number of aryl methyl sites for hydroxylation is 2. The van der Waals surface area contributed by atoms with Crippen molar-refractivity contribution in [1.29, 1.82) is 0 Å². The number of aromatic nitrogens is 1. The molecule has 90 valence electrons. The highest BCUT2D eigenvalue weighted by molar-refractivity contribution is 7.99. The zero-order valence-electron chi connectivity index (χ0n) is 9.65. The van der Waals surface area contributed by atoms with Gasteiger partial charge in [-0.05, 0) is 20.3 Å². The van der Waals surface area contributed by atoms with Crippen LogP contribution in [0.1, 0.15) is 17.9 Å². The third kappa shape index (κ3) is 3.53. The highest BCUT2D eigenvalue weighted by Crippen LogP contribution is 2.20. The molecule has 1 aromatic heterocycles. The number of thioether (sulfide) groups is 1. The molecule has 1 rings (SSSR count). The van der Waals surface area contributed by atoms with Crippen LogP contribution in [0.3, 0.4) is 0 Å². The van der Waals surface area contributed by atoms with Crippen molar-refractivity contribution >= 4 is 17.7 Å². The maximum Gasteiger partial charge on any atom is 0.322 e. The standard InChI is InChI=1S/C10H16N2O3S/c1-6-7(2)15-10(12-6)16-5-4-8(11)9(13)14-3/h8H,4-5,11H2,1-3H3. The van der Waals surface area contributed by atoms with Gasteiger partial charge in [-0.3, -0.25) is 4.79 Å². The zero-order valence-corrected chi connectivity index (χ0v) is 10.5. The van der Waals surface area contributed by atoms with E-state index in [0.717, 1.165) is 11.5 Å². The van der Waals surface area contributed by atoms with Gasteiger partial charge in [-0.2, -0.15) is 0 Å². The molecular weight excluding hydrogens is 228 g/mol. The normalized spacial score (nSPS) is 12.5. The molecule has 0 aliphatic rings. The molecule has 0 saturated carbocycles. The Morgan fingerprint density at radius 2 is 2.31 bits per heavy atom. The molecule has 0 amide bonds. The Hall–Kier alpha value is -1.01. The fourth-order valence-electron chi connectivity index (χ4n) is 1.05. The van der Waals surface area contributed by atoms with E-state index in [1.165, 1.54) is 18.9 Å². The maximum absolute atomic E-state index is 11.0. The van der Waals surface area contributed by atoms with E-state index in [2.05, 4.69) is 9.72 Å². The molecule has 0 radical (unpaired) electrons. The Morgan fingerprint density at radius 3 is 2.81 bits per heavy atom. The minimum Gasteiger partial charge on any atom is -0.468 e. The number of nitrogens with zero attached hydrogens (tertiary/aromatic N) is 1. The van der Waals surface area contributed by atoms with Crippen molar-refractivity contribution in [2.75, 3.05) is 12.9 Å². The van der Waals surface area contributed by atoms with Gasteiger partial charge in [0.2, 0.25) is 0 Å². The van der Waals surface area contributed by atoms with E-state index in [0.29, 0.717) is 17.4 Å². The van der Waals surface area contributed by atoms with E-state index >= 15 is 0 Å². The average Bonchev–Trinajstić information content (AvgIpc) is 2.57. The molecule has 0 aliphatic carbocycles. The van der Waals surface area contributed by atoms with Crippen LogP contribution in [-0.4, -0.2) is 29.9 Å². The Kier molecular flexibility index (Phi) is 4.82. The third-order valence-corrected chi connectivity index (χ3v) is 3.03. The van der Waals surface area contributed by atoms with E-state index < -0.39 is 6.04 Å². The quantitative estimate of drug-likeness (QED) is 0.621. The van der Waals surface area contributed by atoms with Crippen LogP contribution in [0.25, 0.3) is 0 Å². The molecule has 1 unspecified atom stereocenters. The van der Waals surface area contributed by atoms with Crippen molar-refractivity contribution in [3.8, 4) is 0 Å². The number of hydrogen-bond donors (Lipinski definition) is 1. The summed E-state index contributed by atoms with van der Waals surface area (Å²) >= 11 is 1.45. The van der Waals surface area contributed by atoms with Gasteiger partial charge in [-0.25, -0.2) is 4.98 Å². The van der Waals surface area contributed by atoms with Crippen LogP contribution in [0.5, 0.6) is 0 Å². The number of rotatable bonds is 5. The molecule has 5 nitrogen and oxygen atoms in total. The van der Waals surface area contributed by atoms with Gasteiger partial charge < -0.3 is 14.9 Å². The third-order valence-electron chi connectivity index (χ3n) is 2.17. The van der Waals surface area contributed by atoms with E-state index in [4.69, 9.17) is 10.2 Å². The summed E-state index contributed by atoms with van der Waals surface area (Å²) in [6, 6.07) is -0.574. The molecule has 0 bridgehead atoms. The van der Waals surface area contributed by atoms with Gasteiger partial charge in [0.15, 0.2) is 0 Å². The van der Waals surface area contributed by atoms with Gasteiger partial charge >= 0.3 is 5.97 Å². The fraction of sp³-hybridized carbons (Fsp3) is 0.600. The second-order valence-electron chi connectivity index (χ2n) is 3.39. The number of hydrogen-bond acceptors (Lipinski definition) is 6. The molecule has 0 saturated heterocycles. The van der Waals surface area contributed by atoms with Crippen molar-refractivity contribution in [2.24, 2.45) is 5.73 Å². The van der Waals surface area contributed by atoms with Gasteiger partial charge in [0, 0.05) is 5.75 Å². The van der Waals surface area contributed by atoms with Gasteiger partial charge in [-0.15, -0.1) is 0 Å². The lowest BCUT2D eigenvalue weighted by Crippen LogP contribution is -2.31. The summed E-state index contributed by atoms with van der Waals surface area (Å²) in [5, 5.41) is 0.618. The van der Waals surface area contributed by atoms with E-state index in [1.54, 1.807) is 0 Å². The number of oxazole rings is 1. The first-order valence-electron chi connectivity index (χ1n) is 4.95. The highest BCUT2D eigenvalue weighted by Gasteiger charge is 2.14. The monoisotopic (exact) mass is 244 g/mol. The minimum atomic E-state index is -0.574. The largest absolute Gasteiger partial charge is 0.468 e. The molecule has 2 N–H and O–H groups in total. The number of esters is 1. The fourth-order valence-corrected chi connectivity index (χ4v) is 1.98. The zero-order chi connectivity index (χ0) is 12.1. The molecule has 1 aromatic rings. The molecule has 6 heteroatoms. The first-order valence-corrected chi connectivity index (χ1v) is 5.93. The highest BCUT2D eigenvalue weighted by atomic mass is 32.2. The lowest BCUT2D eigenvalue weighted by molar-refractivity contribution is -0.142. The Morgan fingerprint density at radius 1 is 1.62 bits per heavy atom.